The van der Waals surface area contributed by atoms with Gasteiger partial charge >= 0.3 is 453 Å². The minimum absolute atomic E-state index is 0.0784. The van der Waals surface area contributed by atoms with E-state index in [4.69, 9.17) is 0 Å². The van der Waals surface area contributed by atoms with Crippen molar-refractivity contribution in [2.45, 2.75) is 81.5 Å². The van der Waals surface area contributed by atoms with Crippen molar-refractivity contribution in [2.24, 2.45) is 11.8 Å². The molecule has 0 saturated heterocycles. The number of quaternary nitrogens is 1. The van der Waals surface area contributed by atoms with Gasteiger partial charge in [0.1, 0.15) is 0 Å². The summed E-state index contributed by atoms with van der Waals surface area (Å²) < 4.78 is 7.52. The van der Waals surface area contributed by atoms with E-state index in [9.17, 15) is 5.26 Å². The molecule has 0 fully saturated rings. The molecule has 0 amide bonds. The Kier molecular flexibility index (Phi) is 11.7. The Hall–Kier alpha value is -5.88. The molecule has 7 atom stereocenters. The van der Waals surface area contributed by atoms with Gasteiger partial charge in [-0.1, -0.05) is 0 Å². The van der Waals surface area contributed by atoms with E-state index in [0.29, 0.717) is 11.8 Å². The van der Waals surface area contributed by atoms with Gasteiger partial charge in [0, 0.05) is 0 Å². The average Bonchev–Trinajstić information content (AvgIpc) is 3.97. The van der Waals surface area contributed by atoms with Crippen molar-refractivity contribution in [1.29, 1.82) is 5.26 Å². The number of likely N-dealkylation sites (N-methyl/N-ethyl adjacent to an activating group) is 1. The molecule has 8 aromatic carbocycles. The summed E-state index contributed by atoms with van der Waals surface area (Å²) >= 11 is 3.16. The third-order valence-corrected chi connectivity index (χ3v) is 24.7. The van der Waals surface area contributed by atoms with E-state index in [1.807, 2.05) is 22.7 Å². The molecule has 3 heterocycles. The number of hydrogen-bond donors (Lipinski definition) is 0. The maximum atomic E-state index is 11.4. The molecule has 2 aromatic heterocycles. The Balaban J connectivity index is 1.10. The fraction of sp³-hybridized carbons (Fsp3) is 0.250. The predicted octanol–water partition coefficient (Wildman–Crippen LogP) is 15.5. The van der Waals surface area contributed by atoms with Crippen LogP contribution in [0.15, 0.2) is 181 Å². The van der Waals surface area contributed by atoms with Crippen LogP contribution in [0.25, 0.3) is 62.6 Å². The molecule has 4 unspecified atom stereocenters. The van der Waals surface area contributed by atoms with E-state index < -0.39 is 21.2 Å². The van der Waals surface area contributed by atoms with Gasteiger partial charge in [-0.2, -0.15) is 0 Å². The molecule has 0 N–H and O–H groups in total. The van der Waals surface area contributed by atoms with Gasteiger partial charge in [0.25, 0.3) is 0 Å². The molecule has 13 rings (SSSR count). The van der Waals surface area contributed by atoms with E-state index in [1.54, 1.807) is 11.3 Å². The summed E-state index contributed by atoms with van der Waals surface area (Å²) in [5, 5.41) is 17.0. The van der Waals surface area contributed by atoms with Crippen molar-refractivity contribution >= 4 is 68.7 Å². The predicted molar refractivity (Wildman–Crippen MR) is 308 cm³/mol. The number of hydrogen-bond acceptors (Lipinski definition) is 3. The van der Waals surface area contributed by atoms with Crippen LogP contribution in [0.1, 0.15) is 98.1 Å². The van der Waals surface area contributed by atoms with E-state index >= 15 is 0 Å². The van der Waals surface area contributed by atoms with E-state index in [1.165, 1.54) is 99.7 Å². The zero-order chi connectivity index (χ0) is 49.8. The first kappa shape index (κ1) is 46.9. The number of nitriles is 1. The van der Waals surface area contributed by atoms with Gasteiger partial charge in [-0.25, -0.2) is 0 Å². The number of benzene rings is 8. The number of allylic oxidation sites excluding steroid dienone is 2. The second kappa shape index (κ2) is 18.2. The third kappa shape index (κ3) is 7.00. The van der Waals surface area contributed by atoms with E-state index in [-0.39, 0.29) is 21.2 Å². The quantitative estimate of drug-likeness (QED) is 0.0761. The fourth-order valence-electron chi connectivity index (χ4n) is 14.8. The summed E-state index contributed by atoms with van der Waals surface area (Å²) in [7, 11) is 2.63. The summed E-state index contributed by atoms with van der Waals surface area (Å²) in [4.78, 5) is 0. The summed E-state index contributed by atoms with van der Waals surface area (Å²) in [5.74, 6) is 1.25. The number of alkyl halides is 1. The molecule has 0 bridgehead atoms. The van der Waals surface area contributed by atoms with Gasteiger partial charge in [-0.15, -0.1) is 0 Å². The van der Waals surface area contributed by atoms with Gasteiger partial charge in [0.15, 0.2) is 0 Å². The van der Waals surface area contributed by atoms with Crippen LogP contribution in [0, 0.1) is 33.7 Å². The molecule has 0 saturated carbocycles. The second-order valence-electron chi connectivity index (χ2n) is 21.4. The fourth-order valence-corrected chi connectivity index (χ4v) is 22.2. The van der Waals surface area contributed by atoms with Gasteiger partial charge in [0.2, 0.25) is 0 Å². The third-order valence-electron chi connectivity index (χ3n) is 17.7. The number of fused-ring (bicyclic) bond motifs is 14. The Morgan fingerprint density at radius 3 is 2.05 bits per heavy atom. The normalized spacial score (nSPS) is 22.1. The molecular weight excluding hydrogens is 1040 g/mol. The Morgan fingerprint density at radius 2 is 1.32 bits per heavy atom. The van der Waals surface area contributed by atoms with Crippen LogP contribution in [-0.2, 0) is 6.42 Å². The zero-order valence-corrected chi connectivity index (χ0v) is 46.5. The molecule has 3 aliphatic rings. The SMILES string of the molecule is CCC1=C([N+]2(C)CCc3ccccc3-c3ccc4sc5ccccc5c4c32)[C@@]([I-]c2ccccc2C)([C@H](CC(C)C2c3c(ccc4sc5ccccc5c34)-c3ccccc3[C@@H]2C)c2ccccc2C#N)C1CC. The molecule has 73 heavy (non-hydrogen) atoms. The molecular formula is C68H61IN2S2. The standard InChI is InChI=1S/C68H61IN2S2/c1-7-46-55(8-2)68(69-57-30-18-9-21-41(57)3,67(46)71(6)38-37-44-22-10-12-25-48(44)52-34-36-61-64(66(52)71)54-29-17-20-32-59(54)73-61)56(49-26-13-11-23-45(49)40-70)39-42(4)62-43(5)47-24-14-15-27-50(47)51-33-35-60-63(65(51)62)53-28-16-19-31-58(53)72-60/h9-36,42-43,55-56,62H,7-8,37-39H2,1-6H3/t42?,43-,55?,56+,62?,68-,71?/m0/s1. The summed E-state index contributed by atoms with van der Waals surface area (Å²) in [5.41, 5.74) is 18.2. The summed E-state index contributed by atoms with van der Waals surface area (Å²) in [6.45, 7) is 13.4. The molecule has 2 nitrogen and oxygen atoms in total. The molecule has 1 aliphatic heterocycles. The first-order valence-corrected chi connectivity index (χ1v) is 30.4. The van der Waals surface area contributed by atoms with Crippen LogP contribution in [0.4, 0.5) is 5.69 Å². The van der Waals surface area contributed by atoms with Crippen molar-refractivity contribution in [3.8, 4) is 28.3 Å². The van der Waals surface area contributed by atoms with Crippen LogP contribution in [0.3, 0.4) is 0 Å². The monoisotopic (exact) mass is 1100 g/mol. The van der Waals surface area contributed by atoms with Crippen LogP contribution < -0.4 is 25.7 Å². The maximum absolute atomic E-state index is 11.4. The first-order chi connectivity index (χ1) is 35.7. The van der Waals surface area contributed by atoms with Crippen molar-refractivity contribution in [3.05, 3.63) is 218 Å². The number of thiophene rings is 2. The van der Waals surface area contributed by atoms with Gasteiger partial charge < -0.3 is 0 Å². The Bertz CT molecular complexity index is 3920. The van der Waals surface area contributed by atoms with Crippen LogP contribution in [-0.4, -0.2) is 17.0 Å². The van der Waals surface area contributed by atoms with Gasteiger partial charge in [0.05, 0.1) is 0 Å². The average molecular weight is 1100 g/mol. The van der Waals surface area contributed by atoms with Crippen molar-refractivity contribution in [1.82, 2.24) is 4.48 Å². The molecule has 362 valence electrons. The van der Waals surface area contributed by atoms with Crippen molar-refractivity contribution in [2.75, 3.05) is 13.6 Å². The minimum atomic E-state index is -0.730. The topological polar surface area (TPSA) is 23.8 Å². The number of halogens is 1. The van der Waals surface area contributed by atoms with Crippen LogP contribution in [0.5, 0.6) is 0 Å². The van der Waals surface area contributed by atoms with Crippen LogP contribution in [0.2, 0.25) is 0 Å². The molecule has 5 heteroatoms. The number of aryl methyl sites for hydroxylation is 1. The van der Waals surface area contributed by atoms with E-state index in [2.05, 4.69) is 218 Å². The molecule has 10 aromatic rings. The summed E-state index contributed by atoms with van der Waals surface area (Å²) in [6.07, 6.45) is 4.03. The van der Waals surface area contributed by atoms with Crippen molar-refractivity contribution < 1.29 is 21.2 Å². The zero-order valence-electron chi connectivity index (χ0n) is 42.7. The van der Waals surface area contributed by atoms with Gasteiger partial charge in [-0.05, 0) is 0 Å². The Morgan fingerprint density at radius 1 is 0.685 bits per heavy atom. The molecule has 2 aliphatic carbocycles. The first-order valence-electron chi connectivity index (χ1n) is 26.6. The Labute approximate surface area is 449 Å². The summed E-state index contributed by atoms with van der Waals surface area (Å²) in [6, 6.07) is 67.6. The number of rotatable bonds is 10. The van der Waals surface area contributed by atoms with Gasteiger partial charge in [-0.3, -0.25) is 0 Å². The van der Waals surface area contributed by atoms with Crippen molar-refractivity contribution in [3.63, 3.8) is 0 Å². The molecule has 0 radical (unpaired) electrons. The second-order valence-corrected chi connectivity index (χ2v) is 27.1. The van der Waals surface area contributed by atoms with E-state index in [0.717, 1.165) is 42.3 Å². The molecule has 0 spiro atoms. The number of nitrogens with zero attached hydrogens (tertiary/aromatic N) is 2. The van der Waals surface area contributed by atoms with Crippen LogP contribution >= 0.6 is 22.7 Å².